The van der Waals surface area contributed by atoms with Crippen LogP contribution in [0.15, 0.2) is 0 Å². The van der Waals surface area contributed by atoms with Crippen LogP contribution in [0.25, 0.3) is 0 Å². The molecule has 0 aromatic rings. The van der Waals surface area contributed by atoms with Crippen LogP contribution in [0.4, 0.5) is 0 Å². The Hall–Kier alpha value is -1.66. The molecule has 80 valence electrons. The van der Waals surface area contributed by atoms with Crippen molar-refractivity contribution in [2.24, 2.45) is 11.8 Å². The van der Waals surface area contributed by atoms with Crippen molar-refractivity contribution in [2.45, 2.75) is 13.3 Å². The van der Waals surface area contributed by atoms with E-state index < -0.39 is 35.2 Å². The summed E-state index contributed by atoms with van der Waals surface area (Å²) in [6.45, 7) is 0.882. The molecule has 0 amide bonds. The maximum atomic E-state index is 10.5. The van der Waals surface area contributed by atoms with Crippen molar-refractivity contribution in [1.29, 1.82) is 0 Å². The molecule has 0 aliphatic heterocycles. The Morgan fingerprint density at radius 1 is 1.36 bits per heavy atom. The Balaban J connectivity index is 4.67. The molecule has 1 unspecified atom stereocenters. The molecule has 0 saturated heterocycles. The summed E-state index contributed by atoms with van der Waals surface area (Å²) in [6.07, 6.45) is 0.143. The lowest BCUT2D eigenvalue weighted by molar-refractivity contribution is -0.489. The number of carboxylic acid groups (broad SMARTS) is 2. The Morgan fingerprint density at radius 3 is 2.00 bits per heavy atom. The normalized spacial score (nSPS) is 12.4. The topological polar surface area (TPSA) is 118 Å². The summed E-state index contributed by atoms with van der Waals surface area (Å²) in [5.41, 5.74) is 0. The largest absolute Gasteiger partial charge is 0.481 e. The fourth-order valence-electron chi connectivity index (χ4n) is 1.17. The van der Waals surface area contributed by atoms with Crippen LogP contribution in [0, 0.1) is 22.0 Å². The number of nitro groups is 1. The summed E-state index contributed by atoms with van der Waals surface area (Å²) in [5, 5.41) is 27.2. The zero-order chi connectivity index (χ0) is 11.3. The van der Waals surface area contributed by atoms with Gasteiger partial charge < -0.3 is 10.2 Å². The Kier molecular flexibility index (Phi) is 4.54. The number of nitrogens with zero attached hydrogens (tertiary/aromatic N) is 1. The zero-order valence-corrected chi connectivity index (χ0v) is 7.54. The number of rotatable bonds is 6. The average Bonchev–Trinajstić information content (AvgIpc) is 2.00. The van der Waals surface area contributed by atoms with Crippen molar-refractivity contribution in [3.8, 4) is 0 Å². The van der Waals surface area contributed by atoms with Gasteiger partial charge >= 0.3 is 11.9 Å². The van der Waals surface area contributed by atoms with Gasteiger partial charge in [-0.25, -0.2) is 0 Å². The van der Waals surface area contributed by atoms with Gasteiger partial charge in [-0.15, -0.1) is 0 Å². The predicted octanol–water partition coefficient (Wildman–Crippen LogP) is 0.0747. The molecule has 0 fully saturated rings. The van der Waals surface area contributed by atoms with Gasteiger partial charge in [0.05, 0.1) is 0 Å². The zero-order valence-electron chi connectivity index (χ0n) is 7.54. The first kappa shape index (κ1) is 12.3. The second kappa shape index (κ2) is 5.15. The number of aliphatic carboxylic acids is 2. The molecule has 0 aliphatic rings. The molecule has 0 aliphatic carbocycles. The number of hydrogen-bond donors (Lipinski definition) is 2. The predicted molar refractivity (Wildman–Crippen MR) is 44.4 cm³/mol. The lowest BCUT2D eigenvalue weighted by atomic mass is 9.90. The van der Waals surface area contributed by atoms with Gasteiger partial charge in [0, 0.05) is 10.8 Å². The number of carbonyl (C=O) groups is 2. The molecule has 7 heteroatoms. The van der Waals surface area contributed by atoms with Crippen molar-refractivity contribution < 1.29 is 24.7 Å². The number of hydrogen-bond acceptors (Lipinski definition) is 4. The minimum absolute atomic E-state index is 0.143. The SMILES string of the molecule is CCC(C[N+](=O)[O-])C(C(=O)O)C(=O)O. The highest BCUT2D eigenvalue weighted by Gasteiger charge is 2.36. The molecule has 2 N–H and O–H groups in total. The third kappa shape index (κ3) is 3.38. The van der Waals surface area contributed by atoms with Gasteiger partial charge in [0.1, 0.15) is 0 Å². The van der Waals surface area contributed by atoms with Crippen molar-refractivity contribution in [1.82, 2.24) is 0 Å². The molecule has 0 radical (unpaired) electrons. The molecule has 0 aromatic carbocycles. The monoisotopic (exact) mass is 205 g/mol. The van der Waals surface area contributed by atoms with E-state index in [9.17, 15) is 19.7 Å². The van der Waals surface area contributed by atoms with Crippen LogP contribution in [0.3, 0.4) is 0 Å². The first-order valence-electron chi connectivity index (χ1n) is 3.97. The van der Waals surface area contributed by atoms with E-state index in [1.165, 1.54) is 6.92 Å². The van der Waals surface area contributed by atoms with Gasteiger partial charge in [0.2, 0.25) is 6.54 Å². The third-order valence-corrected chi connectivity index (χ3v) is 1.91. The molecule has 1 atom stereocenters. The fourth-order valence-corrected chi connectivity index (χ4v) is 1.17. The van der Waals surface area contributed by atoms with Gasteiger partial charge in [-0.2, -0.15) is 0 Å². The van der Waals surface area contributed by atoms with E-state index in [0.29, 0.717) is 0 Å². The fraction of sp³-hybridized carbons (Fsp3) is 0.714. The summed E-state index contributed by atoms with van der Waals surface area (Å²) in [4.78, 5) is 30.5. The summed E-state index contributed by atoms with van der Waals surface area (Å²) in [6, 6.07) is 0. The van der Waals surface area contributed by atoms with Crippen molar-refractivity contribution >= 4 is 11.9 Å². The summed E-state index contributed by atoms with van der Waals surface area (Å²) < 4.78 is 0. The lowest BCUT2D eigenvalue weighted by Crippen LogP contribution is -2.34. The molecule has 0 rings (SSSR count). The van der Waals surface area contributed by atoms with E-state index >= 15 is 0 Å². The Labute approximate surface area is 79.5 Å². The molecule has 7 nitrogen and oxygen atoms in total. The summed E-state index contributed by atoms with van der Waals surface area (Å²) >= 11 is 0. The van der Waals surface area contributed by atoms with Crippen molar-refractivity contribution in [3.63, 3.8) is 0 Å². The van der Waals surface area contributed by atoms with Crippen LogP contribution in [0.2, 0.25) is 0 Å². The minimum atomic E-state index is -1.70. The molecule has 0 saturated carbocycles. The average molecular weight is 205 g/mol. The second-order valence-corrected chi connectivity index (χ2v) is 2.84. The smallest absolute Gasteiger partial charge is 0.318 e. The molecule has 0 bridgehead atoms. The van der Waals surface area contributed by atoms with Crippen molar-refractivity contribution in [2.75, 3.05) is 6.54 Å². The second-order valence-electron chi connectivity index (χ2n) is 2.84. The van der Waals surface area contributed by atoms with Crippen molar-refractivity contribution in [3.05, 3.63) is 10.1 Å². The van der Waals surface area contributed by atoms with Crippen LogP contribution in [-0.4, -0.2) is 33.6 Å². The van der Waals surface area contributed by atoms with Gasteiger partial charge in [0.25, 0.3) is 0 Å². The first-order chi connectivity index (χ1) is 6.40. The molecule has 14 heavy (non-hydrogen) atoms. The molecular formula is C7H11NO6. The van der Waals surface area contributed by atoms with Gasteiger partial charge in [-0.05, 0) is 6.42 Å². The van der Waals surface area contributed by atoms with E-state index in [0.717, 1.165) is 0 Å². The first-order valence-corrected chi connectivity index (χ1v) is 3.97. The highest BCUT2D eigenvalue weighted by atomic mass is 16.6. The van der Waals surface area contributed by atoms with Crippen LogP contribution >= 0.6 is 0 Å². The summed E-state index contributed by atoms with van der Waals surface area (Å²) in [5.74, 6) is -5.75. The van der Waals surface area contributed by atoms with E-state index in [1.54, 1.807) is 0 Å². The molecule has 0 spiro atoms. The lowest BCUT2D eigenvalue weighted by Gasteiger charge is -2.14. The quantitative estimate of drug-likeness (QED) is 0.360. The maximum absolute atomic E-state index is 10.5. The van der Waals surface area contributed by atoms with E-state index in [-0.39, 0.29) is 6.42 Å². The third-order valence-electron chi connectivity index (χ3n) is 1.91. The Morgan fingerprint density at radius 2 is 1.79 bits per heavy atom. The van der Waals surface area contributed by atoms with Gasteiger partial charge in [-0.3, -0.25) is 19.7 Å². The van der Waals surface area contributed by atoms with Crippen LogP contribution in [-0.2, 0) is 9.59 Å². The van der Waals surface area contributed by atoms with E-state index in [4.69, 9.17) is 10.2 Å². The maximum Gasteiger partial charge on any atom is 0.318 e. The molecule has 0 aromatic heterocycles. The highest BCUT2D eigenvalue weighted by molar-refractivity contribution is 5.93. The van der Waals surface area contributed by atoms with Crippen LogP contribution in [0.1, 0.15) is 13.3 Å². The van der Waals surface area contributed by atoms with Gasteiger partial charge in [0.15, 0.2) is 5.92 Å². The molecule has 0 heterocycles. The van der Waals surface area contributed by atoms with Crippen LogP contribution < -0.4 is 0 Å². The van der Waals surface area contributed by atoms with E-state index in [2.05, 4.69) is 0 Å². The minimum Gasteiger partial charge on any atom is -0.481 e. The van der Waals surface area contributed by atoms with Gasteiger partial charge in [-0.1, -0.05) is 6.92 Å². The Bertz CT molecular complexity index is 237. The number of carboxylic acids is 2. The molecular weight excluding hydrogens is 194 g/mol. The summed E-state index contributed by atoms with van der Waals surface area (Å²) in [7, 11) is 0. The van der Waals surface area contributed by atoms with Crippen LogP contribution in [0.5, 0.6) is 0 Å². The standard InChI is InChI=1S/C7H11NO6/c1-2-4(3-8(13)14)5(6(9)10)7(11)12/h4-5H,2-3H2,1H3,(H,9,10)(H,11,12). The highest BCUT2D eigenvalue weighted by Crippen LogP contribution is 2.17. The van der Waals surface area contributed by atoms with E-state index in [1.807, 2.05) is 0 Å².